The Balaban J connectivity index is 1.38. The molecule has 0 atom stereocenters. The predicted octanol–water partition coefficient (Wildman–Crippen LogP) is 3.74. The first-order chi connectivity index (χ1) is 8.90. The van der Waals surface area contributed by atoms with E-state index in [1.807, 2.05) is 0 Å². The highest BCUT2D eigenvalue weighted by Crippen LogP contribution is 2.28. The summed E-state index contributed by atoms with van der Waals surface area (Å²) in [6, 6.07) is 11.0. The van der Waals surface area contributed by atoms with Gasteiger partial charge in [0.25, 0.3) is 0 Å². The van der Waals surface area contributed by atoms with Crippen molar-refractivity contribution in [2.45, 2.75) is 38.5 Å². The summed E-state index contributed by atoms with van der Waals surface area (Å²) in [5.74, 6) is 1.92. The maximum absolute atomic E-state index is 2.68. The first-order valence-corrected chi connectivity index (χ1v) is 7.66. The Morgan fingerprint density at radius 1 is 0.889 bits per heavy atom. The summed E-state index contributed by atoms with van der Waals surface area (Å²) in [4.78, 5) is 2.68. The second-order valence-electron chi connectivity index (χ2n) is 6.28. The van der Waals surface area contributed by atoms with E-state index in [1.54, 1.807) is 0 Å². The Labute approximate surface area is 111 Å². The van der Waals surface area contributed by atoms with Gasteiger partial charge in [-0.05, 0) is 36.7 Å². The van der Waals surface area contributed by atoms with E-state index >= 15 is 0 Å². The van der Waals surface area contributed by atoms with Crippen molar-refractivity contribution in [2.75, 3.05) is 19.6 Å². The van der Waals surface area contributed by atoms with Crippen LogP contribution in [-0.4, -0.2) is 24.5 Å². The van der Waals surface area contributed by atoms with Crippen molar-refractivity contribution in [3.8, 4) is 0 Å². The summed E-state index contributed by atoms with van der Waals surface area (Å²) in [6.45, 7) is 4.06. The van der Waals surface area contributed by atoms with Gasteiger partial charge in [-0.3, -0.25) is 0 Å². The van der Waals surface area contributed by atoms with E-state index in [9.17, 15) is 0 Å². The molecule has 0 spiro atoms. The molecule has 0 aromatic heterocycles. The van der Waals surface area contributed by atoms with Crippen molar-refractivity contribution in [2.24, 2.45) is 11.8 Å². The fourth-order valence-corrected chi connectivity index (χ4v) is 3.64. The van der Waals surface area contributed by atoms with Crippen LogP contribution in [0.5, 0.6) is 0 Å². The largest absolute Gasteiger partial charge is 0.302 e. The van der Waals surface area contributed by atoms with Crippen LogP contribution in [0.15, 0.2) is 30.3 Å². The zero-order chi connectivity index (χ0) is 12.2. The van der Waals surface area contributed by atoms with Crippen LogP contribution in [0.25, 0.3) is 0 Å². The van der Waals surface area contributed by atoms with Gasteiger partial charge >= 0.3 is 0 Å². The maximum atomic E-state index is 2.68. The summed E-state index contributed by atoms with van der Waals surface area (Å²) in [5, 5.41) is 0. The normalized spacial score (nSPS) is 22.9. The molecule has 1 aromatic rings. The van der Waals surface area contributed by atoms with Crippen molar-refractivity contribution in [3.63, 3.8) is 0 Å². The molecule has 1 heteroatoms. The van der Waals surface area contributed by atoms with Crippen LogP contribution >= 0.6 is 0 Å². The summed E-state index contributed by atoms with van der Waals surface area (Å²) in [5.41, 5.74) is 1.51. The molecule has 18 heavy (non-hydrogen) atoms. The summed E-state index contributed by atoms with van der Waals surface area (Å²) in [7, 11) is 0. The summed E-state index contributed by atoms with van der Waals surface area (Å²) in [6.07, 6.45) is 8.69. The van der Waals surface area contributed by atoms with Gasteiger partial charge in [-0.1, -0.05) is 49.6 Å². The topological polar surface area (TPSA) is 3.24 Å². The average Bonchev–Trinajstić information content (AvgIpc) is 2.39. The van der Waals surface area contributed by atoms with Crippen LogP contribution in [0.3, 0.4) is 0 Å². The summed E-state index contributed by atoms with van der Waals surface area (Å²) >= 11 is 0. The maximum Gasteiger partial charge on any atom is 0.00253 e. The van der Waals surface area contributed by atoms with E-state index in [2.05, 4.69) is 35.2 Å². The minimum absolute atomic E-state index is 0.913. The number of nitrogens with zero attached hydrogens (tertiary/aromatic N) is 1. The third-order valence-corrected chi connectivity index (χ3v) is 4.64. The van der Waals surface area contributed by atoms with Gasteiger partial charge < -0.3 is 4.90 Å². The van der Waals surface area contributed by atoms with Gasteiger partial charge in [-0.25, -0.2) is 0 Å². The first kappa shape index (κ1) is 12.2. The summed E-state index contributed by atoms with van der Waals surface area (Å²) < 4.78 is 0. The molecular weight excluding hydrogens is 218 g/mol. The van der Waals surface area contributed by atoms with Crippen LogP contribution < -0.4 is 0 Å². The Morgan fingerprint density at radius 2 is 1.61 bits per heavy atom. The number of rotatable bonds is 4. The van der Waals surface area contributed by atoms with E-state index < -0.39 is 0 Å². The highest BCUT2D eigenvalue weighted by Gasteiger charge is 2.28. The lowest BCUT2D eigenvalue weighted by atomic mass is 9.86. The molecule has 0 bridgehead atoms. The third-order valence-electron chi connectivity index (χ3n) is 4.64. The Morgan fingerprint density at radius 3 is 2.33 bits per heavy atom. The van der Waals surface area contributed by atoms with Crippen LogP contribution in [0.4, 0.5) is 0 Å². The minimum Gasteiger partial charge on any atom is -0.302 e. The predicted molar refractivity (Wildman–Crippen MR) is 76.7 cm³/mol. The molecule has 1 saturated carbocycles. The number of hydrogen-bond donors (Lipinski definition) is 0. The van der Waals surface area contributed by atoms with Gasteiger partial charge in [0.2, 0.25) is 0 Å². The van der Waals surface area contributed by atoms with Gasteiger partial charge in [-0.2, -0.15) is 0 Å². The SMILES string of the molecule is c1ccc(CC2CN(CC3CCCCC3)C2)cc1. The van der Waals surface area contributed by atoms with Gasteiger partial charge in [0.15, 0.2) is 0 Å². The fraction of sp³-hybridized carbons (Fsp3) is 0.647. The molecule has 2 fully saturated rings. The number of hydrogen-bond acceptors (Lipinski definition) is 1. The molecule has 1 aliphatic heterocycles. The molecule has 1 heterocycles. The molecule has 1 nitrogen and oxygen atoms in total. The van der Waals surface area contributed by atoms with Crippen molar-refractivity contribution >= 4 is 0 Å². The molecule has 2 aliphatic rings. The van der Waals surface area contributed by atoms with E-state index in [0.29, 0.717) is 0 Å². The van der Waals surface area contributed by atoms with Crippen molar-refractivity contribution < 1.29 is 0 Å². The van der Waals surface area contributed by atoms with E-state index in [0.717, 1.165) is 11.8 Å². The zero-order valence-electron chi connectivity index (χ0n) is 11.4. The molecule has 0 amide bonds. The molecule has 3 rings (SSSR count). The molecule has 0 radical (unpaired) electrons. The fourth-order valence-electron chi connectivity index (χ4n) is 3.64. The minimum atomic E-state index is 0.913. The second-order valence-corrected chi connectivity index (χ2v) is 6.28. The Bertz CT molecular complexity index is 347. The zero-order valence-corrected chi connectivity index (χ0v) is 11.4. The van der Waals surface area contributed by atoms with Gasteiger partial charge in [0.1, 0.15) is 0 Å². The molecule has 0 unspecified atom stereocenters. The number of benzene rings is 1. The molecule has 1 aromatic carbocycles. The lowest BCUT2D eigenvalue weighted by Crippen LogP contribution is -2.49. The van der Waals surface area contributed by atoms with Crippen LogP contribution in [0.1, 0.15) is 37.7 Å². The van der Waals surface area contributed by atoms with E-state index in [4.69, 9.17) is 0 Å². The van der Waals surface area contributed by atoms with Crippen LogP contribution in [0.2, 0.25) is 0 Å². The molecular formula is C17H25N. The average molecular weight is 243 g/mol. The Hall–Kier alpha value is -0.820. The van der Waals surface area contributed by atoms with Gasteiger partial charge in [0.05, 0.1) is 0 Å². The monoisotopic (exact) mass is 243 g/mol. The highest BCUT2D eigenvalue weighted by molar-refractivity contribution is 5.16. The lowest BCUT2D eigenvalue weighted by molar-refractivity contribution is 0.0733. The van der Waals surface area contributed by atoms with Gasteiger partial charge in [0, 0.05) is 19.6 Å². The standard InChI is InChI=1S/C17H25N/c1-3-7-15(8-4-1)11-17-13-18(14-17)12-16-9-5-2-6-10-16/h1,3-4,7-8,16-17H,2,5-6,9-14H2. The first-order valence-electron chi connectivity index (χ1n) is 7.66. The van der Waals surface area contributed by atoms with E-state index in [-0.39, 0.29) is 0 Å². The van der Waals surface area contributed by atoms with Gasteiger partial charge in [-0.15, -0.1) is 0 Å². The van der Waals surface area contributed by atoms with Crippen LogP contribution in [0, 0.1) is 11.8 Å². The highest BCUT2D eigenvalue weighted by atomic mass is 15.2. The van der Waals surface area contributed by atoms with Crippen molar-refractivity contribution in [1.82, 2.24) is 4.90 Å². The Kier molecular flexibility index (Phi) is 3.99. The van der Waals surface area contributed by atoms with Crippen LogP contribution in [-0.2, 0) is 6.42 Å². The lowest BCUT2D eigenvalue weighted by Gasteiger charge is -2.42. The smallest absolute Gasteiger partial charge is 0.00253 e. The molecule has 1 aliphatic carbocycles. The third kappa shape index (κ3) is 3.14. The second kappa shape index (κ2) is 5.88. The quantitative estimate of drug-likeness (QED) is 0.778. The van der Waals surface area contributed by atoms with Crippen molar-refractivity contribution in [3.05, 3.63) is 35.9 Å². The molecule has 98 valence electrons. The molecule has 0 N–H and O–H groups in total. The molecule has 1 saturated heterocycles. The van der Waals surface area contributed by atoms with E-state index in [1.165, 1.54) is 63.7 Å². The van der Waals surface area contributed by atoms with Crippen molar-refractivity contribution in [1.29, 1.82) is 0 Å². The number of likely N-dealkylation sites (tertiary alicyclic amines) is 1.